The molecule has 1 aliphatic rings. The van der Waals surface area contributed by atoms with Crippen LogP contribution >= 0.6 is 0 Å². The van der Waals surface area contributed by atoms with Gasteiger partial charge < -0.3 is 0 Å². The van der Waals surface area contributed by atoms with Gasteiger partial charge in [-0.15, -0.1) is 0 Å². The molecular formula is C8H8N2O. The first-order valence-electron chi connectivity index (χ1n) is 3.72. The number of carbonyl (C=O) groups is 1. The fourth-order valence-corrected chi connectivity index (χ4v) is 1.35. The average molecular weight is 148 g/mol. The Kier molecular flexibility index (Phi) is 1.42. The Hall–Kier alpha value is -1.25. The molecule has 0 spiro atoms. The molecular weight excluding hydrogens is 140 g/mol. The van der Waals surface area contributed by atoms with Crippen LogP contribution < -0.4 is 0 Å². The first-order chi connectivity index (χ1) is 5.38. The minimum Gasteiger partial charge on any atom is -0.294 e. The molecule has 0 amide bonds. The van der Waals surface area contributed by atoms with Crippen molar-refractivity contribution in [3.63, 3.8) is 0 Å². The highest BCUT2D eigenvalue weighted by molar-refractivity contribution is 5.97. The molecule has 0 radical (unpaired) electrons. The molecule has 1 aliphatic carbocycles. The van der Waals surface area contributed by atoms with Crippen LogP contribution in [-0.2, 0) is 6.42 Å². The summed E-state index contributed by atoms with van der Waals surface area (Å²) in [5.41, 5.74) is 1.63. The molecule has 0 saturated carbocycles. The Labute approximate surface area is 64.5 Å². The van der Waals surface area contributed by atoms with Crippen molar-refractivity contribution < 1.29 is 4.79 Å². The molecule has 1 aromatic heterocycles. The van der Waals surface area contributed by atoms with Crippen LogP contribution in [0.2, 0.25) is 0 Å². The molecule has 0 fully saturated rings. The second kappa shape index (κ2) is 2.42. The van der Waals surface area contributed by atoms with Gasteiger partial charge in [0.05, 0.1) is 11.9 Å². The summed E-state index contributed by atoms with van der Waals surface area (Å²) in [6.07, 6.45) is 4.06. The summed E-state index contributed by atoms with van der Waals surface area (Å²) >= 11 is 0. The van der Waals surface area contributed by atoms with E-state index in [0.717, 1.165) is 24.1 Å². The Bertz CT molecular complexity index is 296. The summed E-state index contributed by atoms with van der Waals surface area (Å²) in [7, 11) is 0. The van der Waals surface area contributed by atoms with Gasteiger partial charge in [-0.25, -0.2) is 0 Å². The maximum absolute atomic E-state index is 11.2. The van der Waals surface area contributed by atoms with E-state index < -0.39 is 0 Å². The maximum Gasteiger partial charge on any atom is 0.164 e. The summed E-state index contributed by atoms with van der Waals surface area (Å²) in [6, 6.07) is 1.75. The van der Waals surface area contributed by atoms with Gasteiger partial charge in [0, 0.05) is 12.0 Å². The minimum atomic E-state index is 0.209. The lowest BCUT2D eigenvalue weighted by Gasteiger charge is -2.10. The molecule has 0 aromatic carbocycles. The highest BCUT2D eigenvalue weighted by Gasteiger charge is 2.17. The van der Waals surface area contributed by atoms with Crippen molar-refractivity contribution in [1.82, 2.24) is 10.2 Å². The van der Waals surface area contributed by atoms with Gasteiger partial charge in [0.25, 0.3) is 0 Å². The fraction of sp³-hybridized carbons (Fsp3) is 0.375. The van der Waals surface area contributed by atoms with Crippen LogP contribution in [0.4, 0.5) is 0 Å². The van der Waals surface area contributed by atoms with Crippen molar-refractivity contribution in [3.8, 4) is 0 Å². The number of nitrogens with zero attached hydrogens (tertiary/aromatic N) is 2. The number of Topliss-reactive ketones (excluding diaryl/α,β-unsaturated/α-hetero) is 1. The molecule has 56 valence electrons. The number of aromatic nitrogens is 2. The zero-order valence-electron chi connectivity index (χ0n) is 6.08. The van der Waals surface area contributed by atoms with Gasteiger partial charge in [-0.3, -0.25) is 4.79 Å². The van der Waals surface area contributed by atoms with Gasteiger partial charge in [0.1, 0.15) is 0 Å². The minimum absolute atomic E-state index is 0.209. The first kappa shape index (κ1) is 6.46. The molecule has 0 saturated heterocycles. The van der Waals surface area contributed by atoms with Crippen LogP contribution in [0, 0.1) is 0 Å². The standard InChI is InChI=1S/C8H8N2O/c11-8-3-1-2-7-6(8)4-5-9-10-7/h4-5H,1-3H2. The van der Waals surface area contributed by atoms with E-state index in [2.05, 4.69) is 10.2 Å². The van der Waals surface area contributed by atoms with Crippen LogP contribution in [0.5, 0.6) is 0 Å². The molecule has 0 atom stereocenters. The second-order valence-corrected chi connectivity index (χ2v) is 2.67. The molecule has 0 bridgehead atoms. The molecule has 1 aromatic rings. The van der Waals surface area contributed by atoms with Crippen molar-refractivity contribution in [2.75, 3.05) is 0 Å². The van der Waals surface area contributed by atoms with Gasteiger partial charge in [0.2, 0.25) is 0 Å². The number of carbonyl (C=O) groups excluding carboxylic acids is 1. The van der Waals surface area contributed by atoms with Gasteiger partial charge in [-0.05, 0) is 18.9 Å². The number of aryl methyl sites for hydroxylation is 1. The van der Waals surface area contributed by atoms with Crippen molar-refractivity contribution in [1.29, 1.82) is 0 Å². The third-order valence-electron chi connectivity index (χ3n) is 1.92. The highest BCUT2D eigenvalue weighted by atomic mass is 16.1. The highest BCUT2D eigenvalue weighted by Crippen LogP contribution is 2.17. The third-order valence-corrected chi connectivity index (χ3v) is 1.92. The summed E-state index contributed by atoms with van der Waals surface area (Å²) in [5, 5.41) is 7.63. The van der Waals surface area contributed by atoms with Gasteiger partial charge in [-0.1, -0.05) is 0 Å². The SMILES string of the molecule is O=C1CCCc2nnccc21. The van der Waals surface area contributed by atoms with Crippen LogP contribution in [0.3, 0.4) is 0 Å². The van der Waals surface area contributed by atoms with Crippen LogP contribution in [0.15, 0.2) is 12.3 Å². The van der Waals surface area contributed by atoms with E-state index in [1.54, 1.807) is 12.3 Å². The van der Waals surface area contributed by atoms with Crippen LogP contribution in [0.1, 0.15) is 28.9 Å². The van der Waals surface area contributed by atoms with E-state index in [9.17, 15) is 4.79 Å². The monoisotopic (exact) mass is 148 g/mol. The molecule has 0 unspecified atom stereocenters. The average Bonchev–Trinajstić information content (AvgIpc) is 2.06. The summed E-state index contributed by atoms with van der Waals surface area (Å²) < 4.78 is 0. The Morgan fingerprint density at radius 1 is 1.36 bits per heavy atom. The fourth-order valence-electron chi connectivity index (χ4n) is 1.35. The van der Waals surface area contributed by atoms with E-state index in [1.165, 1.54) is 0 Å². The topological polar surface area (TPSA) is 42.9 Å². The van der Waals surface area contributed by atoms with E-state index in [1.807, 2.05) is 0 Å². The Morgan fingerprint density at radius 3 is 3.09 bits per heavy atom. The van der Waals surface area contributed by atoms with E-state index >= 15 is 0 Å². The van der Waals surface area contributed by atoms with Crippen molar-refractivity contribution in [2.24, 2.45) is 0 Å². The number of ketones is 1. The molecule has 3 nitrogen and oxygen atoms in total. The molecule has 0 aliphatic heterocycles. The molecule has 3 heteroatoms. The predicted molar refractivity (Wildman–Crippen MR) is 39.3 cm³/mol. The number of hydrogen-bond donors (Lipinski definition) is 0. The van der Waals surface area contributed by atoms with Crippen LogP contribution in [-0.4, -0.2) is 16.0 Å². The normalized spacial score (nSPS) is 16.2. The van der Waals surface area contributed by atoms with E-state index in [4.69, 9.17) is 0 Å². The lowest BCUT2D eigenvalue weighted by atomic mass is 9.96. The van der Waals surface area contributed by atoms with Gasteiger partial charge >= 0.3 is 0 Å². The number of fused-ring (bicyclic) bond motifs is 1. The van der Waals surface area contributed by atoms with E-state index in [-0.39, 0.29) is 5.78 Å². The second-order valence-electron chi connectivity index (χ2n) is 2.67. The van der Waals surface area contributed by atoms with Gasteiger partial charge in [0.15, 0.2) is 5.78 Å². The van der Waals surface area contributed by atoms with Crippen molar-refractivity contribution in [2.45, 2.75) is 19.3 Å². The first-order valence-corrected chi connectivity index (χ1v) is 3.72. The smallest absolute Gasteiger partial charge is 0.164 e. The Morgan fingerprint density at radius 2 is 2.27 bits per heavy atom. The number of hydrogen-bond acceptors (Lipinski definition) is 3. The summed E-state index contributed by atoms with van der Waals surface area (Å²) in [6.45, 7) is 0. The molecule has 2 rings (SSSR count). The molecule has 0 N–H and O–H groups in total. The van der Waals surface area contributed by atoms with Crippen LogP contribution in [0.25, 0.3) is 0 Å². The predicted octanol–water partition coefficient (Wildman–Crippen LogP) is 0.996. The maximum atomic E-state index is 11.2. The zero-order chi connectivity index (χ0) is 7.68. The molecule has 1 heterocycles. The van der Waals surface area contributed by atoms with Crippen molar-refractivity contribution >= 4 is 5.78 Å². The molecule has 11 heavy (non-hydrogen) atoms. The lowest BCUT2D eigenvalue weighted by molar-refractivity contribution is 0.0971. The van der Waals surface area contributed by atoms with Crippen molar-refractivity contribution in [3.05, 3.63) is 23.5 Å². The number of rotatable bonds is 0. The zero-order valence-corrected chi connectivity index (χ0v) is 6.08. The van der Waals surface area contributed by atoms with Gasteiger partial charge in [-0.2, -0.15) is 10.2 Å². The van der Waals surface area contributed by atoms with E-state index in [0.29, 0.717) is 6.42 Å². The lowest BCUT2D eigenvalue weighted by Crippen LogP contribution is -2.12. The summed E-state index contributed by atoms with van der Waals surface area (Å²) in [5.74, 6) is 0.209. The Balaban J connectivity index is 2.52. The third kappa shape index (κ3) is 1.02. The summed E-state index contributed by atoms with van der Waals surface area (Å²) in [4.78, 5) is 11.2. The quantitative estimate of drug-likeness (QED) is 0.551. The largest absolute Gasteiger partial charge is 0.294 e.